The number of anilines is 1. The second kappa shape index (κ2) is 7.72. The van der Waals surface area contributed by atoms with Gasteiger partial charge >= 0.3 is 0 Å². The van der Waals surface area contributed by atoms with Crippen LogP contribution in [0.15, 0.2) is 66.1 Å². The van der Waals surface area contributed by atoms with Crippen molar-refractivity contribution in [1.82, 2.24) is 4.90 Å². The Hall–Kier alpha value is -2.31. The van der Waals surface area contributed by atoms with E-state index in [2.05, 4.69) is 6.58 Å². The van der Waals surface area contributed by atoms with Crippen molar-refractivity contribution in [2.24, 2.45) is 0 Å². The van der Waals surface area contributed by atoms with Crippen LogP contribution < -0.4 is 4.31 Å². The van der Waals surface area contributed by atoms with Crippen LogP contribution in [0, 0.1) is 0 Å². The topological polar surface area (TPSA) is 57.7 Å². The Morgan fingerprint density at radius 1 is 1.16 bits per heavy atom. The Bertz CT molecular complexity index is 895. The van der Waals surface area contributed by atoms with Gasteiger partial charge in [0.05, 0.1) is 22.2 Å². The molecule has 1 amide bonds. The summed E-state index contributed by atoms with van der Waals surface area (Å²) in [5, 5.41) is 0.313. The number of para-hydroxylation sites is 1. The minimum Gasteiger partial charge on any atom is -0.345 e. The molecule has 25 heavy (non-hydrogen) atoms. The van der Waals surface area contributed by atoms with E-state index in [1.165, 1.54) is 27.4 Å². The molecule has 0 aliphatic rings. The average molecular weight is 379 g/mol. The van der Waals surface area contributed by atoms with Gasteiger partial charge in [0.2, 0.25) is 0 Å². The van der Waals surface area contributed by atoms with Crippen LogP contribution in [0.4, 0.5) is 5.69 Å². The molecule has 0 aliphatic carbocycles. The van der Waals surface area contributed by atoms with Gasteiger partial charge in [0, 0.05) is 19.7 Å². The van der Waals surface area contributed by atoms with Gasteiger partial charge in [-0.15, -0.1) is 6.58 Å². The standard InChI is InChI=1S/C18H19ClN2O3S/c1-4-12-21(17-11-6-5-10-16(17)19)25(23,24)15-9-7-8-14(13-15)18(22)20(2)3/h4-11,13H,1,12H2,2-3H3. The molecule has 0 saturated carbocycles. The monoisotopic (exact) mass is 378 g/mol. The molecule has 0 saturated heterocycles. The van der Waals surface area contributed by atoms with E-state index in [4.69, 9.17) is 11.6 Å². The summed E-state index contributed by atoms with van der Waals surface area (Å²) in [4.78, 5) is 13.5. The summed E-state index contributed by atoms with van der Waals surface area (Å²) in [7, 11) is -0.697. The minimum atomic E-state index is -3.91. The number of hydrogen-bond acceptors (Lipinski definition) is 3. The Morgan fingerprint density at radius 3 is 2.44 bits per heavy atom. The molecule has 0 bridgehead atoms. The predicted octanol–water partition coefficient (Wildman–Crippen LogP) is 3.42. The highest BCUT2D eigenvalue weighted by Crippen LogP contribution is 2.30. The summed E-state index contributed by atoms with van der Waals surface area (Å²) >= 11 is 6.17. The zero-order chi connectivity index (χ0) is 18.6. The van der Waals surface area contributed by atoms with Crippen LogP contribution in [0.25, 0.3) is 0 Å². The van der Waals surface area contributed by atoms with E-state index in [-0.39, 0.29) is 17.3 Å². The Balaban J connectivity index is 2.55. The van der Waals surface area contributed by atoms with Gasteiger partial charge in [-0.25, -0.2) is 8.42 Å². The number of sulfonamides is 1. The first kappa shape index (κ1) is 19.0. The number of amides is 1. The van der Waals surface area contributed by atoms with E-state index in [1.807, 2.05) is 0 Å². The van der Waals surface area contributed by atoms with Crippen molar-refractivity contribution in [3.63, 3.8) is 0 Å². The minimum absolute atomic E-state index is 0.0157. The Kier molecular flexibility index (Phi) is 5.87. The van der Waals surface area contributed by atoms with Gasteiger partial charge in [-0.05, 0) is 30.3 Å². The third-order valence-corrected chi connectivity index (χ3v) is 5.59. The van der Waals surface area contributed by atoms with Crippen LogP contribution in [-0.2, 0) is 10.0 Å². The zero-order valence-corrected chi connectivity index (χ0v) is 15.6. The predicted molar refractivity (Wildman–Crippen MR) is 101 cm³/mol. The van der Waals surface area contributed by atoms with Gasteiger partial charge in [-0.3, -0.25) is 9.10 Å². The number of nitrogens with zero attached hydrogens (tertiary/aromatic N) is 2. The maximum Gasteiger partial charge on any atom is 0.264 e. The quantitative estimate of drug-likeness (QED) is 0.723. The second-order valence-corrected chi connectivity index (χ2v) is 7.77. The summed E-state index contributed by atoms with van der Waals surface area (Å²) in [5.74, 6) is -0.273. The maximum absolute atomic E-state index is 13.1. The molecular weight excluding hydrogens is 360 g/mol. The molecule has 0 radical (unpaired) electrons. The molecule has 0 aliphatic heterocycles. The molecule has 0 spiro atoms. The van der Waals surface area contributed by atoms with E-state index in [1.54, 1.807) is 50.5 Å². The zero-order valence-electron chi connectivity index (χ0n) is 14.0. The largest absolute Gasteiger partial charge is 0.345 e. The number of halogens is 1. The SMILES string of the molecule is C=CCN(c1ccccc1Cl)S(=O)(=O)c1cccc(C(=O)N(C)C)c1. The molecular formula is C18H19ClN2O3S. The molecule has 0 N–H and O–H groups in total. The van der Waals surface area contributed by atoms with Crippen LogP contribution in [0.3, 0.4) is 0 Å². The first-order valence-corrected chi connectivity index (χ1v) is 9.30. The molecule has 0 aromatic heterocycles. The number of carbonyl (C=O) groups is 1. The van der Waals surface area contributed by atoms with Crippen LogP contribution in [0.1, 0.15) is 10.4 Å². The first-order chi connectivity index (χ1) is 11.8. The van der Waals surface area contributed by atoms with Crippen molar-refractivity contribution >= 4 is 33.2 Å². The molecule has 2 rings (SSSR count). The maximum atomic E-state index is 13.1. The molecule has 0 atom stereocenters. The summed E-state index contributed by atoms with van der Waals surface area (Å²) in [6.07, 6.45) is 1.48. The molecule has 0 unspecified atom stereocenters. The first-order valence-electron chi connectivity index (χ1n) is 7.49. The van der Waals surface area contributed by atoms with Crippen molar-refractivity contribution < 1.29 is 13.2 Å². The van der Waals surface area contributed by atoms with Gasteiger partial charge in [0.25, 0.3) is 15.9 Å². The van der Waals surface area contributed by atoms with E-state index in [9.17, 15) is 13.2 Å². The fourth-order valence-electron chi connectivity index (χ4n) is 2.27. The van der Waals surface area contributed by atoms with Crippen LogP contribution in [0.2, 0.25) is 5.02 Å². The summed E-state index contributed by atoms with van der Waals surface area (Å²) in [6.45, 7) is 3.68. The smallest absolute Gasteiger partial charge is 0.264 e. The Labute approximate surface area is 153 Å². The van der Waals surface area contributed by atoms with Crippen LogP contribution in [-0.4, -0.2) is 39.9 Å². The lowest BCUT2D eigenvalue weighted by atomic mass is 10.2. The van der Waals surface area contributed by atoms with E-state index in [0.717, 1.165) is 0 Å². The highest BCUT2D eigenvalue weighted by atomic mass is 35.5. The lowest BCUT2D eigenvalue weighted by Crippen LogP contribution is -2.31. The van der Waals surface area contributed by atoms with E-state index in [0.29, 0.717) is 16.3 Å². The molecule has 2 aromatic rings. The lowest BCUT2D eigenvalue weighted by Gasteiger charge is -2.24. The molecule has 132 valence electrons. The van der Waals surface area contributed by atoms with Crippen molar-refractivity contribution in [2.75, 3.05) is 24.9 Å². The van der Waals surface area contributed by atoms with E-state index >= 15 is 0 Å². The van der Waals surface area contributed by atoms with Gasteiger partial charge < -0.3 is 4.90 Å². The van der Waals surface area contributed by atoms with Crippen molar-refractivity contribution in [3.05, 3.63) is 71.8 Å². The lowest BCUT2D eigenvalue weighted by molar-refractivity contribution is 0.0827. The highest BCUT2D eigenvalue weighted by molar-refractivity contribution is 7.92. The van der Waals surface area contributed by atoms with Gasteiger partial charge in [-0.1, -0.05) is 35.9 Å². The third-order valence-electron chi connectivity index (χ3n) is 3.49. The summed E-state index contributed by atoms with van der Waals surface area (Å²) < 4.78 is 27.4. The normalized spacial score (nSPS) is 11.0. The molecule has 2 aromatic carbocycles. The highest BCUT2D eigenvalue weighted by Gasteiger charge is 2.26. The van der Waals surface area contributed by atoms with Gasteiger partial charge in [0.1, 0.15) is 0 Å². The number of rotatable bonds is 6. The number of hydrogen-bond donors (Lipinski definition) is 0. The molecule has 0 fully saturated rings. The fourth-order valence-corrected chi connectivity index (χ4v) is 4.06. The molecule has 5 nitrogen and oxygen atoms in total. The van der Waals surface area contributed by atoms with Crippen molar-refractivity contribution in [2.45, 2.75) is 4.90 Å². The summed E-state index contributed by atoms with van der Waals surface area (Å²) in [5.41, 5.74) is 0.650. The van der Waals surface area contributed by atoms with E-state index < -0.39 is 10.0 Å². The third kappa shape index (κ3) is 4.03. The summed E-state index contributed by atoms with van der Waals surface area (Å²) in [6, 6.07) is 12.6. The molecule has 0 heterocycles. The molecule has 7 heteroatoms. The number of benzene rings is 2. The Morgan fingerprint density at radius 2 is 1.84 bits per heavy atom. The second-order valence-electron chi connectivity index (χ2n) is 5.50. The van der Waals surface area contributed by atoms with Crippen molar-refractivity contribution in [1.29, 1.82) is 0 Å². The average Bonchev–Trinajstić information content (AvgIpc) is 2.59. The number of carbonyl (C=O) groups excluding carboxylic acids is 1. The van der Waals surface area contributed by atoms with Crippen LogP contribution >= 0.6 is 11.6 Å². The van der Waals surface area contributed by atoms with Gasteiger partial charge in [0.15, 0.2) is 0 Å². The van der Waals surface area contributed by atoms with Crippen LogP contribution in [0.5, 0.6) is 0 Å². The van der Waals surface area contributed by atoms with Crippen molar-refractivity contribution in [3.8, 4) is 0 Å². The fraction of sp³-hybridized carbons (Fsp3) is 0.167. The van der Waals surface area contributed by atoms with Gasteiger partial charge in [-0.2, -0.15) is 0 Å².